The number of nitrogens with zero attached hydrogens (tertiary/aromatic N) is 1. The smallest absolute Gasteiger partial charge is 0.0534 e. The largest absolute Gasteiger partial charge is 0.343 e. The Morgan fingerprint density at radius 2 is 1.26 bits per heavy atom. The van der Waals surface area contributed by atoms with Gasteiger partial charge in [-0.1, -0.05) is 24.3 Å². The molecule has 0 bridgehead atoms. The molecule has 0 saturated carbocycles. The second kappa shape index (κ2) is 4.04. The van der Waals surface area contributed by atoms with Gasteiger partial charge in [0, 0.05) is 16.8 Å². The lowest BCUT2D eigenvalue weighted by molar-refractivity contribution is 0.949. The summed E-state index contributed by atoms with van der Waals surface area (Å²) in [5.41, 5.74) is 2.86. The first-order chi connectivity index (χ1) is 9.33. The van der Waals surface area contributed by atoms with Gasteiger partial charge in [-0.05, 0) is 48.6 Å². The summed E-state index contributed by atoms with van der Waals surface area (Å²) in [6.07, 6.45) is 2.78. The van der Waals surface area contributed by atoms with E-state index in [9.17, 15) is 0 Å². The Kier molecular flexibility index (Phi) is 2.43. The Morgan fingerprint density at radius 3 is 1.79 bits per heavy atom. The van der Waals surface area contributed by atoms with Crippen molar-refractivity contribution in [3.05, 3.63) is 48.5 Å². The molecule has 2 heterocycles. The van der Waals surface area contributed by atoms with Crippen molar-refractivity contribution in [1.82, 2.24) is 0 Å². The zero-order valence-corrected chi connectivity index (χ0v) is 12.1. The van der Waals surface area contributed by atoms with Crippen LogP contribution in [0.1, 0.15) is 12.8 Å². The molecule has 1 saturated heterocycles. The van der Waals surface area contributed by atoms with Crippen molar-refractivity contribution in [2.24, 2.45) is 0 Å². The van der Waals surface area contributed by atoms with Crippen LogP contribution in [0.2, 0.25) is 0 Å². The van der Waals surface area contributed by atoms with Gasteiger partial charge in [-0.2, -0.15) is 10.0 Å². The molecule has 0 aliphatic carbocycles. The Bertz CT molecular complexity index is 579. The monoisotopic (exact) mass is 269 g/mol. The van der Waals surface area contributed by atoms with Crippen LogP contribution in [-0.2, 0) is 0 Å². The van der Waals surface area contributed by atoms with Crippen LogP contribution in [0.5, 0.6) is 0 Å². The predicted molar refractivity (Wildman–Crippen MR) is 84.0 cm³/mol. The Hall–Kier alpha value is -1.41. The first-order valence-corrected chi connectivity index (χ1v) is 9.01. The molecule has 0 N–H and O–H groups in total. The van der Waals surface area contributed by atoms with Crippen LogP contribution in [-0.4, -0.2) is 18.6 Å². The number of benzene rings is 2. The standard InChI is InChI=1S/C17H19NS/c1-18-14-8-2-4-10-16(14)19(12-6-7-13-19)17-11-5-3-9-15(17)18/h2-5,8-11H,6-7,12-13H2,1H3. The summed E-state index contributed by atoms with van der Waals surface area (Å²) in [5.74, 6) is 2.77. The SMILES string of the molecule is CN1c2ccccc2S2(CCCC2)c2ccccc21. The molecule has 0 amide bonds. The maximum atomic E-state index is 2.38. The summed E-state index contributed by atoms with van der Waals surface area (Å²) in [6, 6.07) is 18.1. The lowest BCUT2D eigenvalue weighted by Gasteiger charge is -2.46. The highest BCUT2D eigenvalue weighted by atomic mass is 32.3. The van der Waals surface area contributed by atoms with Crippen LogP contribution < -0.4 is 4.90 Å². The van der Waals surface area contributed by atoms with Gasteiger partial charge >= 0.3 is 0 Å². The third kappa shape index (κ3) is 1.44. The molecule has 0 unspecified atom stereocenters. The molecular weight excluding hydrogens is 250 g/mol. The highest BCUT2D eigenvalue weighted by molar-refractivity contribution is 8.34. The summed E-state index contributed by atoms with van der Waals surface area (Å²) >= 11 is 0. The zero-order chi connectivity index (χ0) is 12.9. The number of para-hydroxylation sites is 2. The summed E-state index contributed by atoms with van der Waals surface area (Å²) in [5, 5.41) is 0. The summed E-state index contributed by atoms with van der Waals surface area (Å²) in [4.78, 5) is 5.61. The molecular formula is C17H19NS. The summed E-state index contributed by atoms with van der Waals surface area (Å²) in [6.45, 7) is 0. The van der Waals surface area contributed by atoms with Crippen molar-refractivity contribution < 1.29 is 0 Å². The minimum absolute atomic E-state index is 0.756. The van der Waals surface area contributed by atoms with E-state index < -0.39 is 10.0 Å². The van der Waals surface area contributed by atoms with E-state index in [1.807, 2.05) is 0 Å². The highest BCUT2D eigenvalue weighted by Crippen LogP contribution is 2.72. The first kappa shape index (κ1) is 11.4. The third-order valence-corrected chi connectivity index (χ3v) is 8.88. The molecule has 2 aromatic carbocycles. The Balaban J connectivity index is 2.05. The molecule has 98 valence electrons. The van der Waals surface area contributed by atoms with Crippen molar-refractivity contribution in [1.29, 1.82) is 0 Å². The van der Waals surface area contributed by atoms with Gasteiger partial charge in [0.25, 0.3) is 0 Å². The third-order valence-electron chi connectivity index (χ3n) is 4.53. The van der Waals surface area contributed by atoms with Crippen molar-refractivity contribution >= 4 is 21.4 Å². The van der Waals surface area contributed by atoms with Gasteiger partial charge in [0.2, 0.25) is 0 Å². The van der Waals surface area contributed by atoms with Gasteiger partial charge in [0.15, 0.2) is 0 Å². The number of rotatable bonds is 0. The fourth-order valence-corrected chi connectivity index (χ4v) is 8.22. The van der Waals surface area contributed by atoms with E-state index in [2.05, 4.69) is 60.5 Å². The number of hydrogen-bond donors (Lipinski definition) is 0. The van der Waals surface area contributed by atoms with E-state index >= 15 is 0 Å². The van der Waals surface area contributed by atoms with Gasteiger partial charge in [0.1, 0.15) is 0 Å². The van der Waals surface area contributed by atoms with Gasteiger partial charge in [-0.3, -0.25) is 0 Å². The fourth-order valence-electron chi connectivity index (χ4n) is 3.62. The molecule has 1 nitrogen and oxygen atoms in total. The topological polar surface area (TPSA) is 3.24 Å². The van der Waals surface area contributed by atoms with Crippen LogP contribution in [0.4, 0.5) is 11.4 Å². The van der Waals surface area contributed by atoms with Crippen LogP contribution in [0.25, 0.3) is 0 Å². The van der Waals surface area contributed by atoms with E-state index in [1.54, 1.807) is 9.79 Å². The predicted octanol–water partition coefficient (Wildman–Crippen LogP) is 4.78. The minimum atomic E-state index is -0.756. The van der Waals surface area contributed by atoms with E-state index in [0.717, 1.165) is 0 Å². The lowest BCUT2D eigenvalue weighted by Crippen LogP contribution is -2.21. The lowest BCUT2D eigenvalue weighted by atomic mass is 10.2. The summed E-state index contributed by atoms with van der Waals surface area (Å²) < 4.78 is 0. The summed E-state index contributed by atoms with van der Waals surface area (Å²) in [7, 11) is 1.45. The van der Waals surface area contributed by atoms with E-state index in [0.29, 0.717) is 0 Å². The molecule has 4 rings (SSSR count). The van der Waals surface area contributed by atoms with Gasteiger partial charge in [-0.25, -0.2) is 0 Å². The molecule has 1 spiro atoms. The number of fused-ring (bicyclic) bond motifs is 4. The minimum Gasteiger partial charge on any atom is -0.343 e. The molecule has 19 heavy (non-hydrogen) atoms. The van der Waals surface area contributed by atoms with Crippen LogP contribution in [0, 0.1) is 0 Å². The van der Waals surface area contributed by atoms with Crippen LogP contribution in [0.15, 0.2) is 58.3 Å². The molecule has 2 heteroatoms. The fraction of sp³-hybridized carbons (Fsp3) is 0.294. The second-order valence-corrected chi connectivity index (χ2v) is 8.96. The normalized spacial score (nSPS) is 21.0. The highest BCUT2D eigenvalue weighted by Gasteiger charge is 2.39. The second-order valence-electron chi connectivity index (χ2n) is 5.49. The van der Waals surface area contributed by atoms with Gasteiger partial charge in [0.05, 0.1) is 11.4 Å². The molecule has 0 atom stereocenters. The number of anilines is 2. The maximum absolute atomic E-state index is 2.38. The molecule has 1 fully saturated rings. The zero-order valence-electron chi connectivity index (χ0n) is 11.3. The number of hydrogen-bond acceptors (Lipinski definition) is 1. The quantitative estimate of drug-likeness (QED) is 0.665. The van der Waals surface area contributed by atoms with E-state index in [1.165, 1.54) is 35.7 Å². The van der Waals surface area contributed by atoms with Gasteiger partial charge < -0.3 is 4.90 Å². The molecule has 0 radical (unpaired) electrons. The molecule has 2 aliphatic heterocycles. The van der Waals surface area contributed by atoms with E-state index in [-0.39, 0.29) is 0 Å². The maximum Gasteiger partial charge on any atom is 0.0534 e. The van der Waals surface area contributed by atoms with Crippen LogP contribution >= 0.6 is 10.0 Å². The molecule has 0 aromatic heterocycles. The van der Waals surface area contributed by atoms with Crippen molar-refractivity contribution in [3.63, 3.8) is 0 Å². The first-order valence-electron chi connectivity index (χ1n) is 7.03. The molecule has 2 aliphatic rings. The van der Waals surface area contributed by atoms with Crippen molar-refractivity contribution in [2.45, 2.75) is 22.6 Å². The van der Waals surface area contributed by atoms with E-state index in [4.69, 9.17) is 0 Å². The van der Waals surface area contributed by atoms with Crippen LogP contribution in [0.3, 0.4) is 0 Å². The average Bonchev–Trinajstić information content (AvgIpc) is 2.96. The molecule has 2 aromatic rings. The Morgan fingerprint density at radius 1 is 0.789 bits per heavy atom. The van der Waals surface area contributed by atoms with Crippen molar-refractivity contribution in [3.8, 4) is 0 Å². The average molecular weight is 269 g/mol. The van der Waals surface area contributed by atoms with Crippen molar-refractivity contribution in [2.75, 3.05) is 23.5 Å². The van der Waals surface area contributed by atoms with Gasteiger partial charge in [-0.15, -0.1) is 0 Å². The Labute approximate surface area is 116 Å².